The minimum atomic E-state index is 0.550. The van der Waals surface area contributed by atoms with Gasteiger partial charge in [-0.1, -0.05) is 0 Å². The minimum absolute atomic E-state index is 0.550. The van der Waals surface area contributed by atoms with E-state index >= 15 is 0 Å². The van der Waals surface area contributed by atoms with Crippen molar-refractivity contribution in [1.82, 2.24) is 14.9 Å². The Hall–Kier alpha value is -1.16. The highest BCUT2D eigenvalue weighted by molar-refractivity contribution is 5.31. The number of aromatic nitrogens is 2. The molecule has 0 spiro atoms. The minimum Gasteiger partial charge on any atom is -0.338 e. The van der Waals surface area contributed by atoms with Gasteiger partial charge in [-0.3, -0.25) is 4.90 Å². The summed E-state index contributed by atoms with van der Waals surface area (Å²) in [6.45, 7) is 8.51. The molecule has 1 aromatic heterocycles. The maximum atomic E-state index is 4.39. The Morgan fingerprint density at radius 3 is 2.12 bits per heavy atom. The zero-order valence-corrected chi connectivity index (χ0v) is 10.5. The van der Waals surface area contributed by atoms with Gasteiger partial charge in [-0.25, -0.2) is 9.97 Å². The van der Waals surface area contributed by atoms with E-state index < -0.39 is 0 Å². The molecule has 4 heteroatoms. The van der Waals surface area contributed by atoms with Crippen molar-refractivity contribution in [2.75, 3.05) is 25.0 Å². The van der Waals surface area contributed by atoms with Gasteiger partial charge in [0, 0.05) is 37.6 Å². The molecular weight excluding hydrogens is 200 g/mol. The van der Waals surface area contributed by atoms with Crippen LogP contribution >= 0.6 is 0 Å². The molecule has 0 aromatic carbocycles. The summed E-state index contributed by atoms with van der Waals surface area (Å²) in [5.74, 6) is 0.859. The molecule has 1 aromatic rings. The summed E-state index contributed by atoms with van der Waals surface area (Å²) < 4.78 is 0. The molecule has 1 aliphatic rings. The second-order valence-electron chi connectivity index (χ2n) is 4.83. The number of aryl methyl sites for hydroxylation is 1. The lowest BCUT2D eigenvalue weighted by atomic mass is 10.1. The van der Waals surface area contributed by atoms with Crippen LogP contribution in [-0.4, -0.2) is 47.1 Å². The Morgan fingerprint density at radius 1 is 1.12 bits per heavy atom. The summed E-state index contributed by atoms with van der Waals surface area (Å²) >= 11 is 0. The lowest BCUT2D eigenvalue weighted by Crippen LogP contribution is -2.55. The molecule has 88 valence electrons. The molecule has 2 heterocycles. The molecule has 2 atom stereocenters. The molecule has 1 aliphatic heterocycles. The zero-order chi connectivity index (χ0) is 11.7. The molecule has 0 N–H and O–H groups in total. The Kier molecular flexibility index (Phi) is 3.10. The highest BCUT2D eigenvalue weighted by Crippen LogP contribution is 2.17. The third-order valence-corrected chi connectivity index (χ3v) is 3.41. The molecular formula is C12H20N4. The van der Waals surface area contributed by atoms with Crippen molar-refractivity contribution in [1.29, 1.82) is 0 Å². The summed E-state index contributed by atoms with van der Waals surface area (Å²) in [6.07, 6.45) is 3.77. The first-order valence-corrected chi connectivity index (χ1v) is 5.83. The first kappa shape index (κ1) is 11.3. The van der Waals surface area contributed by atoms with E-state index in [4.69, 9.17) is 0 Å². The summed E-state index contributed by atoms with van der Waals surface area (Å²) in [5, 5.41) is 0. The van der Waals surface area contributed by atoms with E-state index in [0.717, 1.165) is 24.6 Å². The van der Waals surface area contributed by atoms with Crippen LogP contribution in [0.3, 0.4) is 0 Å². The lowest BCUT2D eigenvalue weighted by Gasteiger charge is -2.42. The van der Waals surface area contributed by atoms with E-state index in [0.29, 0.717) is 12.1 Å². The van der Waals surface area contributed by atoms with E-state index in [-0.39, 0.29) is 0 Å². The molecule has 0 bridgehead atoms. The quantitative estimate of drug-likeness (QED) is 0.714. The lowest BCUT2D eigenvalue weighted by molar-refractivity contribution is 0.169. The van der Waals surface area contributed by atoms with Crippen molar-refractivity contribution in [2.45, 2.75) is 32.9 Å². The van der Waals surface area contributed by atoms with Gasteiger partial charge in [-0.2, -0.15) is 0 Å². The maximum Gasteiger partial charge on any atom is 0.225 e. The standard InChI is InChI=1S/C12H20N4/c1-9-5-13-12(14-6-9)16-7-10(2)15(4)11(3)8-16/h5-6,10-11H,7-8H2,1-4H3/t10-,11+. The van der Waals surface area contributed by atoms with Crippen LogP contribution in [-0.2, 0) is 0 Å². The fourth-order valence-electron chi connectivity index (χ4n) is 2.12. The third-order valence-electron chi connectivity index (χ3n) is 3.41. The molecule has 0 unspecified atom stereocenters. The average Bonchev–Trinajstić information content (AvgIpc) is 2.26. The smallest absolute Gasteiger partial charge is 0.225 e. The zero-order valence-electron chi connectivity index (χ0n) is 10.5. The molecule has 1 saturated heterocycles. The number of hydrogen-bond donors (Lipinski definition) is 0. The SMILES string of the molecule is Cc1cnc(N2C[C@@H](C)N(C)[C@@H](C)C2)nc1. The van der Waals surface area contributed by atoms with Crippen LogP contribution in [0.15, 0.2) is 12.4 Å². The van der Waals surface area contributed by atoms with Crippen LogP contribution < -0.4 is 4.90 Å². The van der Waals surface area contributed by atoms with E-state index in [1.807, 2.05) is 19.3 Å². The van der Waals surface area contributed by atoms with Gasteiger partial charge in [0.25, 0.3) is 0 Å². The fourth-order valence-corrected chi connectivity index (χ4v) is 2.12. The van der Waals surface area contributed by atoms with Gasteiger partial charge in [0.05, 0.1) is 0 Å². The normalized spacial score (nSPS) is 27.1. The maximum absolute atomic E-state index is 4.39. The third kappa shape index (κ3) is 2.16. The number of anilines is 1. The first-order valence-electron chi connectivity index (χ1n) is 5.83. The number of hydrogen-bond acceptors (Lipinski definition) is 4. The molecule has 16 heavy (non-hydrogen) atoms. The second-order valence-corrected chi connectivity index (χ2v) is 4.83. The summed E-state index contributed by atoms with van der Waals surface area (Å²) in [6, 6.07) is 1.10. The Balaban J connectivity index is 2.13. The van der Waals surface area contributed by atoms with Crippen LogP contribution in [0.2, 0.25) is 0 Å². The van der Waals surface area contributed by atoms with Crippen molar-refractivity contribution in [3.05, 3.63) is 18.0 Å². The van der Waals surface area contributed by atoms with Gasteiger partial charge in [0.1, 0.15) is 0 Å². The molecule has 1 fully saturated rings. The fraction of sp³-hybridized carbons (Fsp3) is 0.667. The Bertz CT molecular complexity index is 337. The van der Waals surface area contributed by atoms with Gasteiger partial charge >= 0.3 is 0 Å². The van der Waals surface area contributed by atoms with Crippen molar-refractivity contribution in [3.8, 4) is 0 Å². The summed E-state index contributed by atoms with van der Waals surface area (Å²) in [7, 11) is 2.18. The van der Waals surface area contributed by atoms with Gasteiger partial charge in [-0.05, 0) is 33.4 Å². The second kappa shape index (κ2) is 4.37. The van der Waals surface area contributed by atoms with Gasteiger partial charge in [0.15, 0.2) is 0 Å². The van der Waals surface area contributed by atoms with Crippen molar-refractivity contribution in [3.63, 3.8) is 0 Å². The molecule has 4 nitrogen and oxygen atoms in total. The number of nitrogens with zero attached hydrogens (tertiary/aromatic N) is 4. The molecule has 0 radical (unpaired) electrons. The van der Waals surface area contributed by atoms with Crippen LogP contribution in [0.25, 0.3) is 0 Å². The van der Waals surface area contributed by atoms with E-state index in [2.05, 4.69) is 40.7 Å². The molecule has 0 aliphatic carbocycles. The number of likely N-dealkylation sites (N-methyl/N-ethyl adjacent to an activating group) is 1. The van der Waals surface area contributed by atoms with Crippen LogP contribution in [0.5, 0.6) is 0 Å². The van der Waals surface area contributed by atoms with Gasteiger partial charge in [0.2, 0.25) is 5.95 Å². The van der Waals surface area contributed by atoms with Crippen molar-refractivity contribution >= 4 is 5.95 Å². The summed E-state index contributed by atoms with van der Waals surface area (Å²) in [4.78, 5) is 13.5. The number of piperazine rings is 1. The largest absolute Gasteiger partial charge is 0.338 e. The van der Waals surface area contributed by atoms with Crippen LogP contribution in [0.1, 0.15) is 19.4 Å². The predicted molar refractivity (Wildman–Crippen MR) is 65.7 cm³/mol. The molecule has 0 saturated carbocycles. The van der Waals surface area contributed by atoms with E-state index in [1.165, 1.54) is 0 Å². The van der Waals surface area contributed by atoms with Crippen LogP contribution in [0.4, 0.5) is 5.95 Å². The monoisotopic (exact) mass is 220 g/mol. The first-order chi connectivity index (χ1) is 7.58. The number of rotatable bonds is 1. The Labute approximate surface area is 97.3 Å². The Morgan fingerprint density at radius 2 is 1.62 bits per heavy atom. The van der Waals surface area contributed by atoms with Gasteiger partial charge < -0.3 is 4.90 Å². The van der Waals surface area contributed by atoms with E-state index in [1.54, 1.807) is 0 Å². The molecule has 0 amide bonds. The summed E-state index contributed by atoms with van der Waals surface area (Å²) in [5.41, 5.74) is 1.11. The van der Waals surface area contributed by atoms with Crippen LogP contribution in [0, 0.1) is 6.92 Å². The topological polar surface area (TPSA) is 32.3 Å². The highest BCUT2D eigenvalue weighted by atomic mass is 15.3. The van der Waals surface area contributed by atoms with Gasteiger partial charge in [-0.15, -0.1) is 0 Å². The van der Waals surface area contributed by atoms with E-state index in [9.17, 15) is 0 Å². The van der Waals surface area contributed by atoms with Crippen molar-refractivity contribution < 1.29 is 0 Å². The highest BCUT2D eigenvalue weighted by Gasteiger charge is 2.27. The molecule has 2 rings (SSSR count). The predicted octanol–water partition coefficient (Wildman–Crippen LogP) is 1.31. The average molecular weight is 220 g/mol. The van der Waals surface area contributed by atoms with Crippen molar-refractivity contribution in [2.24, 2.45) is 0 Å².